The van der Waals surface area contributed by atoms with Crippen molar-refractivity contribution in [2.45, 2.75) is 18.3 Å². The summed E-state index contributed by atoms with van der Waals surface area (Å²) in [5.74, 6) is 1.06. The molecule has 2 aromatic heterocycles. The largest absolute Gasteiger partial charge is 0.447 e. The number of para-hydroxylation sites is 2. The molecule has 1 aliphatic rings. The topological polar surface area (TPSA) is 77.8 Å². The van der Waals surface area contributed by atoms with E-state index in [-0.39, 0.29) is 0 Å². The maximum atomic E-state index is 6.82. The van der Waals surface area contributed by atoms with Crippen LogP contribution in [0, 0.1) is 6.92 Å². The Morgan fingerprint density at radius 2 is 1.94 bits per heavy atom. The molecule has 0 saturated carbocycles. The van der Waals surface area contributed by atoms with Gasteiger partial charge < -0.3 is 10.1 Å². The minimum Gasteiger partial charge on any atom is -0.447 e. The van der Waals surface area contributed by atoms with Gasteiger partial charge in [-0.3, -0.25) is 0 Å². The van der Waals surface area contributed by atoms with Gasteiger partial charge in [0.25, 0.3) is 0 Å². The lowest BCUT2D eigenvalue weighted by atomic mass is 10.1. The Morgan fingerprint density at radius 3 is 2.75 bits per heavy atom. The fourth-order valence-corrected chi connectivity index (χ4v) is 4.41. The Morgan fingerprint density at radius 1 is 1.16 bits per heavy atom. The van der Waals surface area contributed by atoms with Crippen LogP contribution < -0.4 is 10.1 Å². The highest BCUT2D eigenvalue weighted by Crippen LogP contribution is 2.41. The van der Waals surface area contributed by atoms with Crippen LogP contribution in [0.4, 0.5) is 5.69 Å². The highest BCUT2D eigenvalue weighted by molar-refractivity contribution is 7.99. The van der Waals surface area contributed by atoms with Crippen molar-refractivity contribution in [2.24, 2.45) is 0 Å². The van der Waals surface area contributed by atoms with Crippen molar-refractivity contribution in [1.82, 2.24) is 25.0 Å². The standard InChI is InChI=1S/C23H19ClN6OS/c1-3-13-32-23-26-22-19(27-28-23)16-11-7-8-12-17(16)25-21(31-22)18-14(2)29-30(20(18)24)15-9-5-4-6-10-15/h3-12,21,25H,1,13H2,2H3/t21-/m0/s1. The Balaban J connectivity index is 1.61. The summed E-state index contributed by atoms with van der Waals surface area (Å²) in [6.07, 6.45) is 1.18. The zero-order valence-corrected chi connectivity index (χ0v) is 18.8. The first-order chi connectivity index (χ1) is 15.7. The van der Waals surface area contributed by atoms with E-state index < -0.39 is 6.23 Å². The van der Waals surface area contributed by atoms with Crippen molar-refractivity contribution in [3.8, 4) is 22.8 Å². The Kier molecular flexibility index (Phi) is 5.55. The van der Waals surface area contributed by atoms with Gasteiger partial charge in [-0.1, -0.05) is 65.8 Å². The van der Waals surface area contributed by atoms with Crippen molar-refractivity contribution < 1.29 is 4.74 Å². The molecule has 160 valence electrons. The van der Waals surface area contributed by atoms with Crippen LogP contribution in [0.1, 0.15) is 17.5 Å². The van der Waals surface area contributed by atoms with E-state index in [0.29, 0.717) is 27.6 Å². The van der Waals surface area contributed by atoms with Gasteiger partial charge in [-0.2, -0.15) is 10.1 Å². The van der Waals surface area contributed by atoms with Gasteiger partial charge in [0, 0.05) is 17.0 Å². The summed E-state index contributed by atoms with van der Waals surface area (Å²) in [6.45, 7) is 5.65. The number of halogens is 1. The average molecular weight is 463 g/mol. The molecule has 0 spiro atoms. The number of hydrogen-bond acceptors (Lipinski definition) is 7. The van der Waals surface area contributed by atoms with Gasteiger partial charge in [-0.15, -0.1) is 16.8 Å². The molecule has 0 fully saturated rings. The Labute approximate surface area is 194 Å². The molecule has 2 aromatic carbocycles. The molecule has 0 amide bonds. The molecule has 7 nitrogen and oxygen atoms in total. The summed E-state index contributed by atoms with van der Waals surface area (Å²) >= 11 is 8.26. The maximum Gasteiger partial charge on any atom is 0.247 e. The number of nitrogens with one attached hydrogen (secondary N) is 1. The number of anilines is 1. The number of nitrogens with zero attached hydrogens (tertiary/aromatic N) is 5. The molecule has 0 saturated heterocycles. The number of aryl methyl sites for hydroxylation is 1. The molecule has 1 N–H and O–H groups in total. The van der Waals surface area contributed by atoms with Crippen LogP contribution in [0.5, 0.6) is 5.88 Å². The smallest absolute Gasteiger partial charge is 0.247 e. The summed E-state index contributed by atoms with van der Waals surface area (Å²) in [7, 11) is 0. The second kappa shape index (κ2) is 8.64. The van der Waals surface area contributed by atoms with E-state index in [2.05, 4.69) is 32.2 Å². The number of ether oxygens (including phenoxy) is 1. The van der Waals surface area contributed by atoms with Gasteiger partial charge in [-0.05, 0) is 25.1 Å². The van der Waals surface area contributed by atoms with E-state index in [1.165, 1.54) is 11.8 Å². The monoisotopic (exact) mass is 462 g/mol. The van der Waals surface area contributed by atoms with Gasteiger partial charge in [0.1, 0.15) is 5.15 Å². The summed E-state index contributed by atoms with van der Waals surface area (Å²) in [4.78, 5) is 4.62. The minimum atomic E-state index is -0.615. The van der Waals surface area contributed by atoms with E-state index in [9.17, 15) is 0 Å². The zero-order chi connectivity index (χ0) is 22.1. The molecule has 0 radical (unpaired) electrons. The van der Waals surface area contributed by atoms with Crippen LogP contribution in [0.15, 0.2) is 72.4 Å². The SMILES string of the molecule is C=CCSc1nnc2c(n1)O[C@@H](c1c(C)nn(-c3ccccc3)c1Cl)Nc1ccccc1-2. The molecular weight excluding hydrogens is 444 g/mol. The fourth-order valence-electron chi connectivity index (χ4n) is 3.52. The molecule has 1 aliphatic heterocycles. The first-order valence-corrected chi connectivity index (χ1v) is 11.3. The highest BCUT2D eigenvalue weighted by atomic mass is 35.5. The van der Waals surface area contributed by atoms with Crippen molar-refractivity contribution in [3.63, 3.8) is 0 Å². The summed E-state index contributed by atoms with van der Waals surface area (Å²) in [6, 6.07) is 17.6. The molecule has 0 bridgehead atoms. The number of thioether (sulfide) groups is 1. The Hall–Kier alpha value is -3.36. The fraction of sp³-hybridized carbons (Fsp3) is 0.130. The first kappa shape index (κ1) is 20.5. The lowest BCUT2D eigenvalue weighted by Gasteiger charge is -2.19. The zero-order valence-electron chi connectivity index (χ0n) is 17.2. The predicted molar refractivity (Wildman–Crippen MR) is 126 cm³/mol. The third-order valence-electron chi connectivity index (χ3n) is 4.97. The molecule has 5 rings (SSSR count). The second-order valence-corrected chi connectivity index (χ2v) is 8.42. The van der Waals surface area contributed by atoms with Crippen molar-refractivity contribution >= 4 is 29.1 Å². The van der Waals surface area contributed by atoms with Crippen LogP contribution in [0.25, 0.3) is 16.9 Å². The normalized spacial score (nSPS) is 14.5. The Bertz CT molecular complexity index is 1290. The third kappa shape index (κ3) is 3.72. The van der Waals surface area contributed by atoms with E-state index in [1.807, 2.05) is 61.5 Å². The van der Waals surface area contributed by atoms with Crippen molar-refractivity contribution in [3.05, 3.63) is 83.7 Å². The van der Waals surface area contributed by atoms with E-state index in [0.717, 1.165) is 28.2 Å². The summed E-state index contributed by atoms with van der Waals surface area (Å²) in [5, 5.41) is 17.7. The number of rotatable bonds is 5. The van der Waals surface area contributed by atoms with Crippen LogP contribution in [0.2, 0.25) is 5.15 Å². The molecule has 4 aromatic rings. The van der Waals surface area contributed by atoms with Crippen molar-refractivity contribution in [1.29, 1.82) is 0 Å². The molecule has 32 heavy (non-hydrogen) atoms. The number of aromatic nitrogens is 5. The van der Waals surface area contributed by atoms with Gasteiger partial charge in [0.15, 0.2) is 5.69 Å². The number of hydrogen-bond donors (Lipinski definition) is 1. The predicted octanol–water partition coefficient (Wildman–Crippen LogP) is 5.47. The highest BCUT2D eigenvalue weighted by Gasteiger charge is 2.30. The summed E-state index contributed by atoms with van der Waals surface area (Å²) in [5.41, 5.74) is 4.63. The molecule has 9 heteroatoms. The van der Waals surface area contributed by atoms with Gasteiger partial charge >= 0.3 is 0 Å². The minimum absolute atomic E-state index is 0.386. The van der Waals surface area contributed by atoms with Crippen LogP contribution in [-0.2, 0) is 0 Å². The number of fused-ring (bicyclic) bond motifs is 3. The maximum absolute atomic E-state index is 6.82. The molecule has 0 aliphatic carbocycles. The lowest BCUT2D eigenvalue weighted by Crippen LogP contribution is -2.18. The van der Waals surface area contributed by atoms with E-state index >= 15 is 0 Å². The number of benzene rings is 2. The molecule has 1 atom stereocenters. The average Bonchev–Trinajstić information content (AvgIpc) is 3.02. The van der Waals surface area contributed by atoms with Crippen LogP contribution in [0.3, 0.4) is 0 Å². The molecule has 3 heterocycles. The van der Waals surface area contributed by atoms with E-state index in [1.54, 1.807) is 10.8 Å². The van der Waals surface area contributed by atoms with Crippen molar-refractivity contribution in [2.75, 3.05) is 11.1 Å². The van der Waals surface area contributed by atoms with Crippen LogP contribution >= 0.6 is 23.4 Å². The molecule has 0 unspecified atom stereocenters. The van der Waals surface area contributed by atoms with Gasteiger partial charge in [0.05, 0.1) is 16.9 Å². The quantitative estimate of drug-likeness (QED) is 0.311. The first-order valence-electron chi connectivity index (χ1n) is 9.97. The van der Waals surface area contributed by atoms with Gasteiger partial charge in [0.2, 0.25) is 17.3 Å². The lowest BCUT2D eigenvalue weighted by molar-refractivity contribution is 0.224. The second-order valence-electron chi connectivity index (χ2n) is 7.07. The third-order valence-corrected chi connectivity index (χ3v) is 6.17. The molecular formula is C23H19ClN6OS. The summed E-state index contributed by atoms with van der Waals surface area (Å²) < 4.78 is 8.06. The van der Waals surface area contributed by atoms with Crippen LogP contribution in [-0.4, -0.2) is 30.7 Å². The van der Waals surface area contributed by atoms with Gasteiger partial charge in [-0.25, -0.2) is 4.68 Å². The van der Waals surface area contributed by atoms with E-state index in [4.69, 9.17) is 16.3 Å².